The van der Waals surface area contributed by atoms with Gasteiger partial charge in [0.25, 0.3) is 0 Å². The number of nitrogens with one attached hydrogen (secondary N) is 1. The molecule has 0 aliphatic carbocycles. The van der Waals surface area contributed by atoms with Gasteiger partial charge in [-0.15, -0.1) is 0 Å². The lowest BCUT2D eigenvalue weighted by Gasteiger charge is -2.31. The van der Waals surface area contributed by atoms with Gasteiger partial charge in [0.15, 0.2) is 0 Å². The first-order chi connectivity index (χ1) is 7.84. The Bertz CT molecular complexity index is 187. The van der Waals surface area contributed by atoms with E-state index < -0.39 is 0 Å². The van der Waals surface area contributed by atoms with Crippen LogP contribution in [0.25, 0.3) is 0 Å². The molecule has 2 fully saturated rings. The minimum atomic E-state index is 0.747. The van der Waals surface area contributed by atoms with E-state index in [9.17, 15) is 0 Å². The average molecular weight is 227 g/mol. The predicted molar refractivity (Wildman–Crippen MR) is 65.8 cm³/mol. The van der Waals surface area contributed by atoms with Crippen LogP contribution in [-0.4, -0.2) is 75.4 Å². The first-order valence-corrected chi connectivity index (χ1v) is 6.56. The molecule has 0 bridgehead atoms. The van der Waals surface area contributed by atoms with Crippen LogP contribution in [0.4, 0.5) is 0 Å². The van der Waals surface area contributed by atoms with E-state index in [0.29, 0.717) is 0 Å². The van der Waals surface area contributed by atoms with E-state index in [2.05, 4.69) is 22.2 Å². The van der Waals surface area contributed by atoms with E-state index in [1.54, 1.807) is 0 Å². The summed E-state index contributed by atoms with van der Waals surface area (Å²) in [4.78, 5) is 4.91. The molecular formula is C12H25N3O. The molecule has 2 aliphatic rings. The van der Waals surface area contributed by atoms with Crippen molar-refractivity contribution in [2.24, 2.45) is 0 Å². The van der Waals surface area contributed by atoms with Gasteiger partial charge in [0.2, 0.25) is 0 Å². The zero-order valence-corrected chi connectivity index (χ0v) is 10.5. The second kappa shape index (κ2) is 6.55. The Morgan fingerprint density at radius 1 is 1.12 bits per heavy atom. The van der Waals surface area contributed by atoms with Gasteiger partial charge < -0.3 is 15.0 Å². The molecule has 2 saturated heterocycles. The Hall–Kier alpha value is -0.160. The third kappa shape index (κ3) is 4.01. The molecule has 4 nitrogen and oxygen atoms in total. The summed E-state index contributed by atoms with van der Waals surface area (Å²) >= 11 is 0. The van der Waals surface area contributed by atoms with Gasteiger partial charge in [-0.1, -0.05) is 0 Å². The van der Waals surface area contributed by atoms with E-state index in [4.69, 9.17) is 4.74 Å². The van der Waals surface area contributed by atoms with Crippen molar-refractivity contribution in [3.63, 3.8) is 0 Å². The van der Waals surface area contributed by atoms with E-state index in [0.717, 1.165) is 38.9 Å². The summed E-state index contributed by atoms with van der Waals surface area (Å²) in [6.07, 6.45) is 2.61. The van der Waals surface area contributed by atoms with E-state index in [-0.39, 0.29) is 0 Å². The van der Waals surface area contributed by atoms with Crippen LogP contribution in [0, 0.1) is 0 Å². The first kappa shape index (κ1) is 12.3. The lowest BCUT2D eigenvalue weighted by molar-refractivity contribution is 0.0378. The number of hydrogen-bond acceptors (Lipinski definition) is 4. The van der Waals surface area contributed by atoms with Gasteiger partial charge in [-0.2, -0.15) is 0 Å². The topological polar surface area (TPSA) is 27.7 Å². The van der Waals surface area contributed by atoms with Crippen molar-refractivity contribution in [1.82, 2.24) is 15.1 Å². The minimum absolute atomic E-state index is 0.747. The second-order valence-electron chi connectivity index (χ2n) is 4.99. The Balaban J connectivity index is 1.53. The quantitative estimate of drug-likeness (QED) is 0.732. The molecule has 0 spiro atoms. The number of piperidine rings is 1. The summed E-state index contributed by atoms with van der Waals surface area (Å²) < 4.78 is 5.34. The number of rotatable bonds is 4. The molecule has 0 amide bonds. The Kier molecular flexibility index (Phi) is 5.03. The Labute approximate surface area is 98.9 Å². The van der Waals surface area contributed by atoms with Gasteiger partial charge in [-0.25, -0.2) is 0 Å². The smallest absolute Gasteiger partial charge is 0.0594 e. The molecule has 0 saturated carbocycles. The third-order valence-electron chi connectivity index (χ3n) is 3.68. The van der Waals surface area contributed by atoms with Gasteiger partial charge >= 0.3 is 0 Å². The number of morpholine rings is 1. The molecule has 0 atom stereocenters. The van der Waals surface area contributed by atoms with Crippen LogP contribution < -0.4 is 5.32 Å². The molecule has 16 heavy (non-hydrogen) atoms. The fraction of sp³-hybridized carbons (Fsp3) is 1.00. The molecule has 2 rings (SSSR count). The normalized spacial score (nSPS) is 26.1. The van der Waals surface area contributed by atoms with Gasteiger partial charge in [-0.3, -0.25) is 4.90 Å². The summed E-state index contributed by atoms with van der Waals surface area (Å²) in [7, 11) is 2.21. The molecule has 2 aliphatic heterocycles. The van der Waals surface area contributed by atoms with Crippen molar-refractivity contribution in [3.05, 3.63) is 0 Å². The molecule has 4 heteroatoms. The van der Waals surface area contributed by atoms with Crippen molar-refractivity contribution >= 4 is 0 Å². The van der Waals surface area contributed by atoms with Crippen molar-refractivity contribution in [2.75, 3.05) is 59.5 Å². The van der Waals surface area contributed by atoms with Crippen molar-refractivity contribution in [3.8, 4) is 0 Å². The molecule has 94 valence electrons. The van der Waals surface area contributed by atoms with Crippen LogP contribution in [0.3, 0.4) is 0 Å². The van der Waals surface area contributed by atoms with Gasteiger partial charge in [0.05, 0.1) is 13.2 Å². The fourth-order valence-corrected chi connectivity index (χ4v) is 2.46. The van der Waals surface area contributed by atoms with Crippen LogP contribution in [0.15, 0.2) is 0 Å². The Morgan fingerprint density at radius 3 is 2.50 bits per heavy atom. The van der Waals surface area contributed by atoms with Gasteiger partial charge in [0.1, 0.15) is 0 Å². The number of nitrogens with zero attached hydrogens (tertiary/aromatic N) is 2. The summed E-state index contributed by atoms with van der Waals surface area (Å²) in [5, 5.41) is 3.68. The largest absolute Gasteiger partial charge is 0.379 e. The summed E-state index contributed by atoms with van der Waals surface area (Å²) in [6.45, 7) is 8.83. The van der Waals surface area contributed by atoms with E-state index in [1.165, 1.54) is 32.5 Å². The summed E-state index contributed by atoms with van der Waals surface area (Å²) in [6, 6.07) is 0.747. The molecule has 1 N–H and O–H groups in total. The third-order valence-corrected chi connectivity index (χ3v) is 3.68. The maximum atomic E-state index is 5.34. The number of hydrogen-bond donors (Lipinski definition) is 1. The van der Waals surface area contributed by atoms with Gasteiger partial charge in [0, 0.05) is 32.2 Å². The van der Waals surface area contributed by atoms with Gasteiger partial charge in [-0.05, 0) is 33.0 Å². The fourth-order valence-electron chi connectivity index (χ4n) is 2.46. The highest BCUT2D eigenvalue weighted by molar-refractivity contribution is 4.76. The molecular weight excluding hydrogens is 202 g/mol. The van der Waals surface area contributed by atoms with Crippen molar-refractivity contribution in [1.29, 1.82) is 0 Å². The molecule has 0 aromatic carbocycles. The summed E-state index contributed by atoms with van der Waals surface area (Å²) in [5.74, 6) is 0. The maximum absolute atomic E-state index is 5.34. The average Bonchev–Trinajstić information content (AvgIpc) is 2.33. The highest BCUT2D eigenvalue weighted by atomic mass is 16.5. The second-order valence-corrected chi connectivity index (χ2v) is 4.99. The molecule has 0 unspecified atom stereocenters. The summed E-state index contributed by atoms with van der Waals surface area (Å²) in [5.41, 5.74) is 0. The molecule has 0 aromatic heterocycles. The van der Waals surface area contributed by atoms with Crippen LogP contribution in [0.1, 0.15) is 12.8 Å². The highest BCUT2D eigenvalue weighted by Crippen LogP contribution is 2.07. The Morgan fingerprint density at radius 2 is 1.81 bits per heavy atom. The highest BCUT2D eigenvalue weighted by Gasteiger charge is 2.16. The zero-order chi connectivity index (χ0) is 11.2. The predicted octanol–water partition coefficient (Wildman–Crippen LogP) is 0.00240. The van der Waals surface area contributed by atoms with Crippen molar-refractivity contribution < 1.29 is 4.74 Å². The van der Waals surface area contributed by atoms with Crippen LogP contribution in [0.5, 0.6) is 0 Å². The van der Waals surface area contributed by atoms with E-state index in [1.807, 2.05) is 0 Å². The monoisotopic (exact) mass is 227 g/mol. The lowest BCUT2D eigenvalue weighted by atomic mass is 10.1. The number of likely N-dealkylation sites (tertiary alicyclic amines) is 1. The standard InChI is InChI=1S/C12H25N3O/c1-14-5-2-12(3-6-14)13-4-7-15-8-10-16-11-9-15/h12-13H,2-11H2,1H3. The number of ether oxygens (including phenoxy) is 1. The molecule has 0 aromatic rings. The first-order valence-electron chi connectivity index (χ1n) is 6.56. The lowest BCUT2D eigenvalue weighted by Crippen LogP contribution is -2.45. The maximum Gasteiger partial charge on any atom is 0.0594 e. The SMILES string of the molecule is CN1CCC(NCCN2CCOCC2)CC1. The van der Waals surface area contributed by atoms with Crippen LogP contribution >= 0.6 is 0 Å². The minimum Gasteiger partial charge on any atom is -0.379 e. The van der Waals surface area contributed by atoms with Crippen LogP contribution in [0.2, 0.25) is 0 Å². The van der Waals surface area contributed by atoms with Crippen molar-refractivity contribution in [2.45, 2.75) is 18.9 Å². The van der Waals surface area contributed by atoms with Crippen LogP contribution in [-0.2, 0) is 4.74 Å². The molecule has 2 heterocycles. The zero-order valence-electron chi connectivity index (χ0n) is 10.5. The molecule has 0 radical (unpaired) electrons. The van der Waals surface area contributed by atoms with E-state index >= 15 is 0 Å².